The van der Waals surface area contributed by atoms with Crippen molar-refractivity contribution >= 4 is 17.2 Å². The molecule has 2 fully saturated rings. The molecule has 1 saturated heterocycles. The lowest BCUT2D eigenvalue weighted by atomic mass is 9.66. The van der Waals surface area contributed by atoms with E-state index in [9.17, 15) is 4.79 Å². The number of nitrogens with zero attached hydrogens (tertiary/aromatic N) is 1. The van der Waals surface area contributed by atoms with Gasteiger partial charge in [-0.1, -0.05) is 12.5 Å². The molecule has 92 valence electrons. The van der Waals surface area contributed by atoms with Gasteiger partial charge in [0.1, 0.15) is 0 Å². The van der Waals surface area contributed by atoms with E-state index in [0.717, 1.165) is 39.0 Å². The molecule has 2 heterocycles. The molecule has 3 nitrogen and oxygen atoms in total. The highest BCUT2D eigenvalue weighted by Gasteiger charge is 2.48. The Balaban J connectivity index is 1.83. The normalized spacial score (nSPS) is 23.2. The van der Waals surface area contributed by atoms with Crippen LogP contribution >= 0.6 is 11.3 Å². The highest BCUT2D eigenvalue weighted by Crippen LogP contribution is 2.46. The molecule has 17 heavy (non-hydrogen) atoms. The molecule has 4 heteroatoms. The van der Waals surface area contributed by atoms with Gasteiger partial charge in [0.05, 0.1) is 5.41 Å². The van der Waals surface area contributed by atoms with Crippen LogP contribution in [-0.2, 0) is 10.2 Å². The quantitative estimate of drug-likeness (QED) is 0.864. The van der Waals surface area contributed by atoms with Crippen molar-refractivity contribution in [1.82, 2.24) is 10.2 Å². The summed E-state index contributed by atoms with van der Waals surface area (Å²) in [6, 6.07) is 4.19. The first-order valence-corrected chi connectivity index (χ1v) is 7.25. The summed E-state index contributed by atoms with van der Waals surface area (Å²) in [7, 11) is 0. The molecule has 1 aromatic rings. The lowest BCUT2D eigenvalue weighted by Crippen LogP contribution is -2.55. The van der Waals surface area contributed by atoms with Gasteiger partial charge in [-0.15, -0.1) is 11.3 Å². The summed E-state index contributed by atoms with van der Waals surface area (Å²) in [4.78, 5) is 16.0. The molecule has 0 atom stereocenters. The minimum atomic E-state index is -0.161. The number of hydrogen-bond acceptors (Lipinski definition) is 3. The van der Waals surface area contributed by atoms with Gasteiger partial charge in [0, 0.05) is 31.1 Å². The van der Waals surface area contributed by atoms with Gasteiger partial charge in [-0.2, -0.15) is 0 Å². The second kappa shape index (κ2) is 4.42. The average molecular weight is 250 g/mol. The smallest absolute Gasteiger partial charge is 0.234 e. The van der Waals surface area contributed by atoms with E-state index in [4.69, 9.17) is 0 Å². The van der Waals surface area contributed by atoms with Crippen LogP contribution in [-0.4, -0.2) is 37.0 Å². The Morgan fingerprint density at radius 1 is 1.35 bits per heavy atom. The SMILES string of the molecule is O=C(N1CCNCC1)C1(c2cccs2)CCC1. The lowest BCUT2D eigenvalue weighted by Gasteiger charge is -2.44. The number of hydrogen-bond donors (Lipinski definition) is 1. The van der Waals surface area contributed by atoms with E-state index >= 15 is 0 Å². The van der Waals surface area contributed by atoms with Crippen molar-refractivity contribution in [1.29, 1.82) is 0 Å². The lowest BCUT2D eigenvalue weighted by molar-refractivity contribution is -0.141. The molecule has 0 spiro atoms. The van der Waals surface area contributed by atoms with Crippen molar-refractivity contribution in [2.75, 3.05) is 26.2 Å². The third-order valence-corrected chi connectivity index (χ3v) is 5.09. The van der Waals surface area contributed by atoms with Crippen molar-refractivity contribution in [2.24, 2.45) is 0 Å². The molecule has 1 aromatic heterocycles. The highest BCUT2D eigenvalue weighted by molar-refractivity contribution is 7.10. The van der Waals surface area contributed by atoms with Gasteiger partial charge in [-0.05, 0) is 24.3 Å². The van der Waals surface area contributed by atoms with Gasteiger partial charge in [0.2, 0.25) is 5.91 Å². The van der Waals surface area contributed by atoms with Crippen molar-refractivity contribution in [3.05, 3.63) is 22.4 Å². The van der Waals surface area contributed by atoms with Crippen LogP contribution in [0.4, 0.5) is 0 Å². The molecule has 1 aliphatic carbocycles. The molecular weight excluding hydrogens is 232 g/mol. The molecular formula is C13H18N2OS. The third kappa shape index (κ3) is 1.79. The van der Waals surface area contributed by atoms with E-state index in [2.05, 4.69) is 27.7 Å². The first kappa shape index (κ1) is 11.2. The van der Waals surface area contributed by atoms with E-state index in [-0.39, 0.29) is 5.41 Å². The van der Waals surface area contributed by atoms with Crippen LogP contribution in [0.25, 0.3) is 0 Å². The Bertz CT molecular complexity index is 392. The van der Waals surface area contributed by atoms with Crippen LogP contribution in [0.2, 0.25) is 0 Å². The van der Waals surface area contributed by atoms with E-state index in [0.29, 0.717) is 5.91 Å². The second-order valence-electron chi connectivity index (χ2n) is 4.96. The Labute approximate surface area is 106 Å². The third-order valence-electron chi connectivity index (χ3n) is 4.01. The molecule has 1 saturated carbocycles. The zero-order chi connectivity index (χ0) is 11.7. The summed E-state index contributed by atoms with van der Waals surface area (Å²) in [5.41, 5.74) is -0.161. The number of thiophene rings is 1. The Kier molecular flexibility index (Phi) is 2.92. The van der Waals surface area contributed by atoms with Crippen LogP contribution in [0.5, 0.6) is 0 Å². The molecule has 0 unspecified atom stereocenters. The Morgan fingerprint density at radius 3 is 2.65 bits per heavy atom. The molecule has 0 radical (unpaired) electrons. The first-order valence-electron chi connectivity index (χ1n) is 6.37. The number of carbonyl (C=O) groups is 1. The predicted octanol–water partition coefficient (Wildman–Crippen LogP) is 1.60. The molecule has 0 aromatic carbocycles. The zero-order valence-electron chi connectivity index (χ0n) is 9.95. The van der Waals surface area contributed by atoms with Gasteiger partial charge < -0.3 is 10.2 Å². The Hall–Kier alpha value is -0.870. The molecule has 1 amide bonds. The van der Waals surface area contributed by atoms with Crippen LogP contribution in [0.15, 0.2) is 17.5 Å². The topological polar surface area (TPSA) is 32.3 Å². The predicted molar refractivity (Wildman–Crippen MR) is 69.3 cm³/mol. The minimum Gasteiger partial charge on any atom is -0.339 e. The fraction of sp³-hybridized carbons (Fsp3) is 0.615. The maximum atomic E-state index is 12.7. The van der Waals surface area contributed by atoms with Gasteiger partial charge in [-0.3, -0.25) is 4.79 Å². The fourth-order valence-electron chi connectivity index (χ4n) is 2.82. The van der Waals surface area contributed by atoms with Crippen LogP contribution in [0.1, 0.15) is 24.1 Å². The molecule has 1 aliphatic heterocycles. The average Bonchev–Trinajstić information content (AvgIpc) is 2.83. The monoisotopic (exact) mass is 250 g/mol. The van der Waals surface area contributed by atoms with Crippen molar-refractivity contribution in [3.63, 3.8) is 0 Å². The van der Waals surface area contributed by atoms with Crippen molar-refractivity contribution < 1.29 is 4.79 Å². The molecule has 1 N–H and O–H groups in total. The number of piperazine rings is 1. The minimum absolute atomic E-state index is 0.161. The number of rotatable bonds is 2. The summed E-state index contributed by atoms with van der Waals surface area (Å²) in [5, 5.41) is 5.38. The molecule has 3 rings (SSSR count). The summed E-state index contributed by atoms with van der Waals surface area (Å²) >= 11 is 1.73. The van der Waals surface area contributed by atoms with E-state index in [1.54, 1.807) is 11.3 Å². The van der Waals surface area contributed by atoms with Gasteiger partial charge in [0.25, 0.3) is 0 Å². The maximum absolute atomic E-state index is 12.7. The van der Waals surface area contributed by atoms with E-state index in [1.165, 1.54) is 11.3 Å². The summed E-state index contributed by atoms with van der Waals surface area (Å²) in [5.74, 6) is 0.368. The van der Waals surface area contributed by atoms with Crippen LogP contribution < -0.4 is 5.32 Å². The van der Waals surface area contributed by atoms with E-state index in [1.807, 2.05) is 0 Å². The van der Waals surface area contributed by atoms with Crippen molar-refractivity contribution in [3.8, 4) is 0 Å². The largest absolute Gasteiger partial charge is 0.339 e. The van der Waals surface area contributed by atoms with Gasteiger partial charge in [-0.25, -0.2) is 0 Å². The van der Waals surface area contributed by atoms with E-state index < -0.39 is 0 Å². The Morgan fingerprint density at radius 2 is 2.12 bits per heavy atom. The van der Waals surface area contributed by atoms with Gasteiger partial charge >= 0.3 is 0 Å². The van der Waals surface area contributed by atoms with Crippen LogP contribution in [0, 0.1) is 0 Å². The summed E-state index contributed by atoms with van der Waals surface area (Å²) < 4.78 is 0. The maximum Gasteiger partial charge on any atom is 0.234 e. The van der Waals surface area contributed by atoms with Crippen LogP contribution in [0.3, 0.4) is 0 Å². The summed E-state index contributed by atoms with van der Waals surface area (Å²) in [6.45, 7) is 3.61. The fourth-order valence-corrected chi connectivity index (χ4v) is 3.80. The number of carbonyl (C=O) groups excluding carboxylic acids is 1. The van der Waals surface area contributed by atoms with Crippen molar-refractivity contribution in [2.45, 2.75) is 24.7 Å². The highest BCUT2D eigenvalue weighted by atomic mass is 32.1. The van der Waals surface area contributed by atoms with Gasteiger partial charge in [0.15, 0.2) is 0 Å². The summed E-state index contributed by atoms with van der Waals surface area (Å²) in [6.07, 6.45) is 3.27. The molecule has 0 bridgehead atoms. The number of amides is 1. The number of nitrogens with one attached hydrogen (secondary N) is 1. The first-order chi connectivity index (χ1) is 8.33. The molecule has 2 aliphatic rings. The second-order valence-corrected chi connectivity index (χ2v) is 5.90. The standard InChI is InChI=1S/C13H18N2OS/c16-12(15-8-6-14-7-9-15)13(4-2-5-13)11-3-1-10-17-11/h1,3,10,14H,2,4-9H2. The zero-order valence-corrected chi connectivity index (χ0v) is 10.8.